The highest BCUT2D eigenvalue weighted by molar-refractivity contribution is 6.09. The summed E-state index contributed by atoms with van der Waals surface area (Å²) < 4.78 is 6.77. The van der Waals surface area contributed by atoms with E-state index in [0.29, 0.717) is 31.1 Å². The van der Waals surface area contributed by atoms with E-state index in [2.05, 4.69) is 29.0 Å². The Morgan fingerprint density at radius 3 is 2.68 bits per heavy atom. The number of hydrogen-bond donors (Lipinski definition) is 2. The van der Waals surface area contributed by atoms with Gasteiger partial charge in [0.1, 0.15) is 18.0 Å². The number of nitrogens with zero attached hydrogens (tertiary/aromatic N) is 2. The van der Waals surface area contributed by atoms with Crippen LogP contribution in [0.4, 0.5) is 0 Å². The summed E-state index contributed by atoms with van der Waals surface area (Å²) in [4.78, 5) is 30.6. The van der Waals surface area contributed by atoms with Crippen LogP contribution in [-0.4, -0.2) is 53.0 Å². The molecule has 2 aromatic carbocycles. The number of aromatic amines is 1. The number of rotatable bonds is 6. The molecular formula is C27H30N4O3. The summed E-state index contributed by atoms with van der Waals surface area (Å²) in [6, 6.07) is 15.5. The maximum absolute atomic E-state index is 13.0. The van der Waals surface area contributed by atoms with Crippen LogP contribution in [0, 0.1) is 0 Å². The summed E-state index contributed by atoms with van der Waals surface area (Å²) in [5, 5.41) is 5.38. The zero-order chi connectivity index (χ0) is 24.2. The van der Waals surface area contributed by atoms with E-state index < -0.39 is 0 Å². The Morgan fingerprint density at radius 1 is 1.12 bits per heavy atom. The third-order valence-corrected chi connectivity index (χ3v) is 5.64. The van der Waals surface area contributed by atoms with Gasteiger partial charge in [-0.25, -0.2) is 0 Å². The largest absolute Gasteiger partial charge is 0.497 e. The van der Waals surface area contributed by atoms with Crippen molar-refractivity contribution in [1.29, 1.82) is 0 Å². The minimum atomic E-state index is -0.127. The molecule has 0 saturated carbocycles. The van der Waals surface area contributed by atoms with E-state index in [1.54, 1.807) is 24.1 Å². The Balaban J connectivity index is 0.000000636. The lowest BCUT2D eigenvalue weighted by Gasteiger charge is -2.27. The third kappa shape index (κ3) is 4.75. The number of benzene rings is 2. The molecule has 2 N–H and O–H groups in total. The number of aromatic nitrogens is 2. The van der Waals surface area contributed by atoms with Crippen LogP contribution in [0.5, 0.6) is 5.75 Å². The molecule has 3 heterocycles. The van der Waals surface area contributed by atoms with Crippen LogP contribution in [0.25, 0.3) is 21.8 Å². The minimum Gasteiger partial charge on any atom is -0.497 e. The number of carbonyl (C=O) groups is 2. The van der Waals surface area contributed by atoms with Crippen molar-refractivity contribution in [3.8, 4) is 5.75 Å². The van der Waals surface area contributed by atoms with Crippen molar-refractivity contribution in [2.45, 2.75) is 20.4 Å². The molecule has 0 fully saturated rings. The first-order valence-electron chi connectivity index (χ1n) is 11.3. The highest BCUT2D eigenvalue weighted by atomic mass is 16.5. The second-order valence-corrected chi connectivity index (χ2v) is 8.65. The van der Waals surface area contributed by atoms with Crippen LogP contribution in [0.15, 0.2) is 66.9 Å². The molecule has 1 aliphatic heterocycles. The fourth-order valence-electron chi connectivity index (χ4n) is 4.13. The van der Waals surface area contributed by atoms with Crippen LogP contribution < -0.4 is 10.1 Å². The van der Waals surface area contributed by atoms with Gasteiger partial charge in [-0.1, -0.05) is 23.8 Å². The lowest BCUT2D eigenvalue weighted by molar-refractivity contribution is 0.0625. The van der Waals surface area contributed by atoms with Crippen molar-refractivity contribution >= 4 is 33.6 Å². The van der Waals surface area contributed by atoms with Crippen molar-refractivity contribution in [1.82, 2.24) is 19.8 Å². The first kappa shape index (κ1) is 23.3. The van der Waals surface area contributed by atoms with Gasteiger partial charge in [-0.2, -0.15) is 0 Å². The highest BCUT2D eigenvalue weighted by Gasteiger charge is 2.31. The Kier molecular flexibility index (Phi) is 6.84. The number of methoxy groups -OCH3 is 1. The lowest BCUT2D eigenvalue weighted by atomic mass is 10.1. The molecule has 7 nitrogen and oxygen atoms in total. The van der Waals surface area contributed by atoms with Gasteiger partial charge in [0.25, 0.3) is 11.8 Å². The molecule has 0 spiro atoms. The van der Waals surface area contributed by atoms with Crippen molar-refractivity contribution in [3.63, 3.8) is 0 Å². The smallest absolute Gasteiger partial charge is 0.271 e. The quantitative estimate of drug-likeness (QED) is 0.327. The Labute approximate surface area is 199 Å². The molecule has 7 heteroatoms. The average Bonchev–Trinajstić information content (AvgIpc) is 3.44. The van der Waals surface area contributed by atoms with Crippen molar-refractivity contribution in [2.75, 3.05) is 26.7 Å². The predicted octanol–water partition coefficient (Wildman–Crippen LogP) is 4.60. The summed E-state index contributed by atoms with van der Waals surface area (Å²) in [6.07, 6.45) is 1.93. The topological polar surface area (TPSA) is 79.4 Å². The van der Waals surface area contributed by atoms with E-state index in [9.17, 15) is 9.59 Å². The SMILES string of the molecule is C=C(C)C.COc1ccc2c(c1)cc1n2C(=O)CN(CCNCc2cccc3cc[nH]c23)C1=O. The normalized spacial score (nSPS) is 13.1. The van der Waals surface area contributed by atoms with E-state index in [0.717, 1.165) is 16.4 Å². The molecule has 34 heavy (non-hydrogen) atoms. The van der Waals surface area contributed by atoms with E-state index in [4.69, 9.17) is 4.74 Å². The Bertz CT molecular complexity index is 1360. The predicted molar refractivity (Wildman–Crippen MR) is 136 cm³/mol. The summed E-state index contributed by atoms with van der Waals surface area (Å²) >= 11 is 0. The van der Waals surface area contributed by atoms with Crippen LogP contribution in [-0.2, 0) is 6.54 Å². The molecular weight excluding hydrogens is 428 g/mol. The molecule has 0 unspecified atom stereocenters. The maximum Gasteiger partial charge on any atom is 0.271 e. The lowest BCUT2D eigenvalue weighted by Crippen LogP contribution is -2.46. The van der Waals surface area contributed by atoms with Gasteiger partial charge in [-0.15, -0.1) is 6.58 Å². The highest BCUT2D eigenvalue weighted by Crippen LogP contribution is 2.27. The summed E-state index contributed by atoms with van der Waals surface area (Å²) in [7, 11) is 1.60. The molecule has 0 radical (unpaired) electrons. The van der Waals surface area contributed by atoms with E-state index in [1.807, 2.05) is 44.3 Å². The molecule has 1 aliphatic rings. The Hall–Kier alpha value is -3.84. The third-order valence-electron chi connectivity index (χ3n) is 5.64. The first-order chi connectivity index (χ1) is 16.4. The number of allylic oxidation sites excluding steroid dienone is 1. The van der Waals surface area contributed by atoms with Crippen LogP contribution in [0.2, 0.25) is 0 Å². The van der Waals surface area contributed by atoms with Crippen LogP contribution in [0.3, 0.4) is 0 Å². The summed E-state index contributed by atoms with van der Waals surface area (Å²) in [5.74, 6) is 0.474. The fourth-order valence-corrected chi connectivity index (χ4v) is 4.13. The van der Waals surface area contributed by atoms with Gasteiger partial charge in [-0.05, 0) is 55.1 Å². The van der Waals surface area contributed by atoms with E-state index >= 15 is 0 Å². The monoisotopic (exact) mass is 458 g/mol. The minimum absolute atomic E-state index is 0.0789. The number of carbonyl (C=O) groups excluding carboxylic acids is 2. The standard InChI is InChI=1S/C23H22N4O3.C4H8/c1-30-18-5-6-19-17(11-18)12-20-23(29)26(14-21(28)27(19)20)10-9-24-13-16-4-2-3-15-7-8-25-22(15)16;1-4(2)3/h2-8,11-12,24-25H,9-10,13-14H2,1H3;1H2,2-3H3. The molecule has 1 amide bonds. The molecule has 0 bridgehead atoms. The Morgan fingerprint density at radius 2 is 1.91 bits per heavy atom. The van der Waals surface area contributed by atoms with Gasteiger partial charge < -0.3 is 19.9 Å². The van der Waals surface area contributed by atoms with Gasteiger partial charge in [0.2, 0.25) is 0 Å². The number of ether oxygens (including phenoxy) is 1. The number of amides is 1. The van der Waals surface area contributed by atoms with Gasteiger partial charge in [0.05, 0.1) is 12.6 Å². The fraction of sp³-hybridized carbons (Fsp3) is 0.259. The molecule has 0 atom stereocenters. The van der Waals surface area contributed by atoms with Gasteiger partial charge in [-0.3, -0.25) is 14.2 Å². The van der Waals surface area contributed by atoms with Crippen LogP contribution in [0.1, 0.15) is 34.7 Å². The zero-order valence-corrected chi connectivity index (χ0v) is 19.9. The molecule has 5 rings (SSSR count). The second-order valence-electron chi connectivity index (χ2n) is 8.65. The molecule has 176 valence electrons. The summed E-state index contributed by atoms with van der Waals surface area (Å²) in [5.41, 5.74) is 4.61. The molecule has 2 aromatic heterocycles. The number of hydrogen-bond acceptors (Lipinski definition) is 4. The van der Waals surface area contributed by atoms with Gasteiger partial charge in [0, 0.05) is 36.7 Å². The second kappa shape index (κ2) is 9.97. The maximum atomic E-state index is 13.0. The van der Waals surface area contributed by atoms with Crippen molar-refractivity contribution in [2.24, 2.45) is 0 Å². The summed E-state index contributed by atoms with van der Waals surface area (Å²) in [6.45, 7) is 9.34. The average molecular weight is 459 g/mol. The number of nitrogens with one attached hydrogen (secondary N) is 2. The van der Waals surface area contributed by atoms with Crippen LogP contribution >= 0.6 is 0 Å². The van der Waals surface area contributed by atoms with E-state index in [-0.39, 0.29) is 18.4 Å². The number of fused-ring (bicyclic) bond motifs is 4. The first-order valence-corrected chi connectivity index (χ1v) is 11.3. The molecule has 0 aliphatic carbocycles. The molecule has 0 saturated heterocycles. The number of para-hydroxylation sites is 1. The molecule has 4 aromatic rings. The van der Waals surface area contributed by atoms with Gasteiger partial charge in [0.15, 0.2) is 0 Å². The van der Waals surface area contributed by atoms with E-state index in [1.165, 1.54) is 21.1 Å². The zero-order valence-electron chi connectivity index (χ0n) is 19.9. The van der Waals surface area contributed by atoms with Gasteiger partial charge >= 0.3 is 0 Å². The number of H-pyrrole nitrogens is 1. The van der Waals surface area contributed by atoms with Crippen molar-refractivity contribution < 1.29 is 14.3 Å². The van der Waals surface area contributed by atoms with Crippen molar-refractivity contribution in [3.05, 3.63) is 78.1 Å².